The largest absolute Gasteiger partial charge is 0.310 e. The molecule has 0 bridgehead atoms. The topological polar surface area (TPSA) is 13.0 Å². The van der Waals surface area contributed by atoms with Gasteiger partial charge in [-0.15, -0.1) is 18.7 Å². The fourth-order valence-corrected chi connectivity index (χ4v) is 21.2. The summed E-state index contributed by atoms with van der Waals surface area (Å²) in [6.07, 6.45) is 60.1. The molecule has 0 atom stereocenters. The Hall–Kier alpha value is 0.270. The smallest absolute Gasteiger partial charge is 0.127 e. The van der Waals surface area contributed by atoms with Crippen LogP contribution in [0.5, 0.6) is 0 Å². The molecule has 8 aliphatic rings. The van der Waals surface area contributed by atoms with Crippen LogP contribution in [-0.4, -0.2) is 67.0 Å². The van der Waals surface area contributed by atoms with Crippen molar-refractivity contribution in [1.29, 1.82) is 0 Å². The first-order valence-corrected chi connectivity index (χ1v) is 27.0. The van der Waals surface area contributed by atoms with Gasteiger partial charge in [0.05, 0.1) is 0 Å². The summed E-state index contributed by atoms with van der Waals surface area (Å²) in [6, 6.07) is 6.55. The maximum Gasteiger partial charge on any atom is 0.310 e. The van der Waals surface area contributed by atoms with Crippen molar-refractivity contribution in [2.24, 2.45) is 0 Å². The van der Waals surface area contributed by atoms with Crippen molar-refractivity contribution < 1.29 is 0 Å². The second-order valence-electron chi connectivity index (χ2n) is 20.4. The van der Waals surface area contributed by atoms with Crippen molar-refractivity contribution in [2.75, 3.05) is 0 Å². The number of nitrogens with zero attached hydrogens (tertiary/aromatic N) is 4. The summed E-state index contributed by atoms with van der Waals surface area (Å²) in [5, 5.41) is 0. The quantitative estimate of drug-likeness (QED) is 0.184. The second-order valence-corrected chi connectivity index (χ2v) is 23.3. The van der Waals surface area contributed by atoms with E-state index in [2.05, 4.69) is 18.7 Å². The Morgan fingerprint density at radius 2 is 0.283 bits per heavy atom. The molecule has 0 aromatic rings. The van der Waals surface area contributed by atoms with E-state index in [1.165, 1.54) is 257 Å². The van der Waals surface area contributed by atoms with Gasteiger partial charge in [-0.1, -0.05) is 154 Å². The van der Waals surface area contributed by atoms with Crippen LogP contribution in [0.25, 0.3) is 0 Å². The first kappa shape index (κ1) is 40.1. The van der Waals surface area contributed by atoms with Crippen LogP contribution >= 0.6 is 7.87 Å². The van der Waals surface area contributed by atoms with E-state index in [-0.39, 0.29) is 0 Å². The fraction of sp³-hybridized carbons (Fsp3) is 1.00. The van der Waals surface area contributed by atoms with Crippen LogP contribution in [0, 0.1) is 0 Å². The van der Waals surface area contributed by atoms with Crippen molar-refractivity contribution in [2.45, 2.75) is 305 Å². The van der Waals surface area contributed by atoms with Crippen LogP contribution in [0.4, 0.5) is 0 Å². The standard InChI is InChI=1S/C48H88N4P/c1-9-25-41(26-10-1)49(42-27-11-2-12-28-42)53(50(43-29-13-3-14-30-43)44-31-15-4-16-32-44,51(45-33-17-5-18-34-45)46-35-19-6-20-36-46)52(47-37-21-7-22-38-47)48-39-23-8-24-40-48/h41-48H,1-40H2/q+1. The molecule has 0 unspecified atom stereocenters. The molecule has 0 aromatic heterocycles. The summed E-state index contributed by atoms with van der Waals surface area (Å²) in [5.74, 6) is 0. The third-order valence-electron chi connectivity index (χ3n) is 16.8. The zero-order valence-electron chi connectivity index (χ0n) is 35.1. The van der Waals surface area contributed by atoms with Crippen molar-refractivity contribution in [3.05, 3.63) is 0 Å². The molecule has 0 aromatic carbocycles. The summed E-state index contributed by atoms with van der Waals surface area (Å²) < 4.78 is 14.9. The molecule has 8 rings (SSSR count). The minimum absolute atomic E-state index is 0.819. The molecule has 53 heavy (non-hydrogen) atoms. The third kappa shape index (κ3) is 9.13. The summed E-state index contributed by atoms with van der Waals surface area (Å²) in [6.45, 7) is 0. The Morgan fingerprint density at radius 1 is 0.170 bits per heavy atom. The highest BCUT2D eigenvalue weighted by Crippen LogP contribution is 2.79. The van der Waals surface area contributed by atoms with Crippen LogP contribution in [0.1, 0.15) is 257 Å². The van der Waals surface area contributed by atoms with E-state index >= 15 is 0 Å². The Labute approximate surface area is 330 Å². The highest BCUT2D eigenvalue weighted by atomic mass is 31.2. The van der Waals surface area contributed by atoms with Gasteiger partial charge in [0.15, 0.2) is 0 Å². The minimum Gasteiger partial charge on any atom is -0.127 e. The lowest BCUT2D eigenvalue weighted by molar-refractivity contribution is 0.0332. The van der Waals surface area contributed by atoms with E-state index in [0.29, 0.717) is 0 Å². The van der Waals surface area contributed by atoms with Gasteiger partial charge in [-0.3, -0.25) is 0 Å². The van der Waals surface area contributed by atoms with Gasteiger partial charge in [-0.2, -0.15) is 0 Å². The van der Waals surface area contributed by atoms with Crippen LogP contribution < -0.4 is 0 Å². The van der Waals surface area contributed by atoms with Crippen molar-refractivity contribution in [1.82, 2.24) is 18.7 Å². The number of hydrogen-bond acceptors (Lipinski definition) is 4. The van der Waals surface area contributed by atoms with Crippen LogP contribution in [0.2, 0.25) is 0 Å². The molecule has 8 fully saturated rings. The zero-order chi connectivity index (χ0) is 35.7. The minimum atomic E-state index is -2.15. The van der Waals surface area contributed by atoms with Crippen LogP contribution in [0.15, 0.2) is 0 Å². The van der Waals surface area contributed by atoms with Gasteiger partial charge < -0.3 is 0 Å². The molecule has 4 nitrogen and oxygen atoms in total. The molecular formula is C48H88N4P+. The molecule has 0 saturated heterocycles. The van der Waals surface area contributed by atoms with E-state index < -0.39 is 7.87 Å². The SMILES string of the molecule is C1CCC(N(C2CCCCC2)[P+](N(C2CCCCC2)C2CCCCC2)(N(C2CCCCC2)C2CCCCC2)N(C2CCCCC2)C2CCCCC2)CC1. The lowest BCUT2D eigenvalue weighted by Gasteiger charge is -2.64. The highest BCUT2D eigenvalue weighted by molar-refractivity contribution is 7.67. The van der Waals surface area contributed by atoms with Gasteiger partial charge in [0.1, 0.15) is 0 Å². The van der Waals surface area contributed by atoms with Gasteiger partial charge in [0, 0.05) is 48.3 Å². The van der Waals surface area contributed by atoms with Gasteiger partial charge in [-0.25, -0.2) is 0 Å². The van der Waals surface area contributed by atoms with E-state index in [1.54, 1.807) is 0 Å². The second kappa shape index (κ2) is 20.3. The first-order chi connectivity index (χ1) is 26.4. The molecular weight excluding hydrogens is 664 g/mol. The number of rotatable bonds is 12. The fourth-order valence-electron chi connectivity index (χ4n) is 14.4. The Balaban J connectivity index is 1.44. The molecule has 0 N–H and O–H groups in total. The molecule has 0 aliphatic heterocycles. The maximum atomic E-state index is 3.74. The third-order valence-corrected chi connectivity index (χ3v) is 21.9. The Kier molecular flexibility index (Phi) is 15.3. The summed E-state index contributed by atoms with van der Waals surface area (Å²) in [5.41, 5.74) is 0. The molecule has 0 heterocycles. The summed E-state index contributed by atoms with van der Waals surface area (Å²) in [7, 11) is -2.15. The Morgan fingerprint density at radius 3 is 0.396 bits per heavy atom. The lowest BCUT2D eigenvalue weighted by atomic mass is 9.90. The monoisotopic (exact) mass is 752 g/mol. The molecule has 5 heteroatoms. The molecule has 0 radical (unpaired) electrons. The van der Waals surface area contributed by atoms with E-state index in [4.69, 9.17) is 0 Å². The maximum absolute atomic E-state index is 3.74. The van der Waals surface area contributed by atoms with Crippen molar-refractivity contribution in [3.8, 4) is 0 Å². The van der Waals surface area contributed by atoms with Gasteiger partial charge in [0.2, 0.25) is 0 Å². The molecule has 0 amide bonds. The summed E-state index contributed by atoms with van der Waals surface area (Å²) >= 11 is 0. The first-order valence-electron chi connectivity index (χ1n) is 25.4. The molecule has 304 valence electrons. The van der Waals surface area contributed by atoms with Crippen LogP contribution in [0.3, 0.4) is 0 Å². The summed E-state index contributed by atoms with van der Waals surface area (Å²) in [4.78, 5) is 0. The average Bonchev–Trinajstić information content (AvgIpc) is 3.24. The Bertz CT molecular complexity index is 783. The van der Waals surface area contributed by atoms with Crippen molar-refractivity contribution in [3.63, 3.8) is 0 Å². The molecule has 8 saturated carbocycles. The van der Waals surface area contributed by atoms with Gasteiger partial charge in [0.25, 0.3) is 0 Å². The number of hydrogen-bond donors (Lipinski definition) is 0. The molecule has 0 spiro atoms. The van der Waals surface area contributed by atoms with E-state index in [0.717, 1.165) is 48.3 Å². The normalized spacial score (nSPS) is 29.2. The average molecular weight is 752 g/mol. The van der Waals surface area contributed by atoms with E-state index in [1.807, 2.05) is 0 Å². The highest BCUT2D eigenvalue weighted by Gasteiger charge is 2.72. The van der Waals surface area contributed by atoms with Gasteiger partial charge >= 0.3 is 7.87 Å². The predicted octanol–water partition coefficient (Wildman–Crippen LogP) is 14.5. The molecule has 8 aliphatic carbocycles. The van der Waals surface area contributed by atoms with Gasteiger partial charge in [-0.05, 0) is 103 Å². The zero-order valence-corrected chi connectivity index (χ0v) is 36.0. The lowest BCUT2D eigenvalue weighted by Crippen LogP contribution is -2.68. The van der Waals surface area contributed by atoms with Crippen LogP contribution in [-0.2, 0) is 0 Å². The predicted molar refractivity (Wildman–Crippen MR) is 229 cm³/mol. The van der Waals surface area contributed by atoms with E-state index in [9.17, 15) is 0 Å². The van der Waals surface area contributed by atoms with Crippen molar-refractivity contribution >= 4 is 7.87 Å².